The number of sulfone groups is 1. The summed E-state index contributed by atoms with van der Waals surface area (Å²) in [5.41, 5.74) is 7.95. The summed E-state index contributed by atoms with van der Waals surface area (Å²) in [7, 11) is -3.04. The third-order valence-electron chi connectivity index (χ3n) is 4.87. The Morgan fingerprint density at radius 2 is 2.16 bits per heavy atom. The average Bonchev–Trinajstić information content (AvgIpc) is 3.22. The van der Waals surface area contributed by atoms with Crippen molar-refractivity contribution in [2.24, 2.45) is 5.73 Å². The smallest absolute Gasteiger partial charge is 0.225 e. The van der Waals surface area contributed by atoms with Crippen LogP contribution in [-0.2, 0) is 33.9 Å². The number of thiophene rings is 1. The number of nitrogens with two attached hydrogens (primary N) is 1. The molecule has 25 heavy (non-hydrogen) atoms. The van der Waals surface area contributed by atoms with Gasteiger partial charge in [-0.2, -0.15) is 5.10 Å². The fourth-order valence-corrected chi connectivity index (χ4v) is 6.52. The number of nitrogens with zero attached hydrogens (tertiary/aromatic N) is 3. The Balaban J connectivity index is 1.79. The van der Waals surface area contributed by atoms with Crippen LogP contribution in [0, 0.1) is 0 Å². The predicted molar refractivity (Wildman–Crippen MR) is 95.2 cm³/mol. The molecule has 1 saturated heterocycles. The van der Waals surface area contributed by atoms with Gasteiger partial charge < -0.3 is 5.73 Å². The quantitative estimate of drug-likeness (QED) is 0.859. The number of aryl methyl sites for hydroxylation is 1. The molecule has 0 saturated carbocycles. The monoisotopic (exact) mass is 380 g/mol. The zero-order valence-electron chi connectivity index (χ0n) is 13.8. The topological polar surface area (TPSA) is 108 Å². The van der Waals surface area contributed by atoms with Gasteiger partial charge in [0.05, 0.1) is 28.8 Å². The Morgan fingerprint density at radius 3 is 2.88 bits per heavy atom. The van der Waals surface area contributed by atoms with Crippen molar-refractivity contribution in [3.05, 3.63) is 22.3 Å². The molecule has 0 aromatic carbocycles. The van der Waals surface area contributed by atoms with Crippen molar-refractivity contribution in [1.29, 1.82) is 0 Å². The Morgan fingerprint density at radius 1 is 1.36 bits per heavy atom. The van der Waals surface area contributed by atoms with Gasteiger partial charge in [-0.15, -0.1) is 11.3 Å². The Labute approximate surface area is 150 Å². The first-order valence-electron chi connectivity index (χ1n) is 8.47. The largest absolute Gasteiger partial charge is 0.369 e. The van der Waals surface area contributed by atoms with Gasteiger partial charge in [0.2, 0.25) is 5.91 Å². The third kappa shape index (κ3) is 3.22. The van der Waals surface area contributed by atoms with Crippen molar-refractivity contribution in [2.75, 3.05) is 11.5 Å². The molecule has 7 nitrogen and oxygen atoms in total. The van der Waals surface area contributed by atoms with Crippen LogP contribution in [0.4, 0.5) is 0 Å². The van der Waals surface area contributed by atoms with E-state index in [9.17, 15) is 13.2 Å². The molecule has 4 rings (SSSR count). The summed E-state index contributed by atoms with van der Waals surface area (Å²) >= 11 is 1.63. The second kappa shape index (κ2) is 6.21. The molecular formula is C16H20N4O3S2. The van der Waals surface area contributed by atoms with E-state index in [0.29, 0.717) is 18.1 Å². The van der Waals surface area contributed by atoms with Gasteiger partial charge in [0.15, 0.2) is 21.5 Å². The van der Waals surface area contributed by atoms with E-state index < -0.39 is 15.7 Å². The molecule has 1 fully saturated rings. The molecule has 0 spiro atoms. The zero-order chi connectivity index (χ0) is 17.6. The first-order chi connectivity index (χ1) is 11.9. The van der Waals surface area contributed by atoms with E-state index in [2.05, 4.69) is 15.5 Å². The zero-order valence-corrected chi connectivity index (χ0v) is 15.4. The van der Waals surface area contributed by atoms with E-state index in [1.807, 2.05) is 0 Å². The molecule has 2 N–H and O–H groups in total. The molecule has 1 unspecified atom stereocenters. The highest BCUT2D eigenvalue weighted by Crippen LogP contribution is 2.38. The summed E-state index contributed by atoms with van der Waals surface area (Å²) in [5, 5.41) is 6.62. The van der Waals surface area contributed by atoms with Crippen LogP contribution >= 0.6 is 11.3 Å². The van der Waals surface area contributed by atoms with Crippen LogP contribution in [0.3, 0.4) is 0 Å². The van der Waals surface area contributed by atoms with E-state index >= 15 is 0 Å². The number of aromatic nitrogens is 3. The van der Waals surface area contributed by atoms with Gasteiger partial charge >= 0.3 is 0 Å². The minimum atomic E-state index is -3.04. The predicted octanol–water partition coefficient (Wildman–Crippen LogP) is 1.27. The van der Waals surface area contributed by atoms with Gasteiger partial charge in [-0.05, 0) is 48.6 Å². The highest BCUT2D eigenvalue weighted by molar-refractivity contribution is 7.91. The Kier molecular flexibility index (Phi) is 4.15. The van der Waals surface area contributed by atoms with E-state index in [-0.39, 0.29) is 24.0 Å². The number of hydrogen-bond acceptors (Lipinski definition) is 6. The fraction of sp³-hybridized carbons (Fsp3) is 0.562. The number of fused-ring (bicyclic) bond motifs is 1. The van der Waals surface area contributed by atoms with Gasteiger partial charge in [-0.25, -0.2) is 18.1 Å². The molecule has 0 radical (unpaired) electrons. The van der Waals surface area contributed by atoms with E-state index in [1.165, 1.54) is 17.5 Å². The molecule has 0 bridgehead atoms. The molecule has 1 atom stereocenters. The van der Waals surface area contributed by atoms with Crippen molar-refractivity contribution in [2.45, 2.75) is 44.6 Å². The summed E-state index contributed by atoms with van der Waals surface area (Å²) in [6.07, 6.45) is 4.93. The maximum Gasteiger partial charge on any atom is 0.225 e. The molecule has 1 aliphatic carbocycles. The van der Waals surface area contributed by atoms with Crippen LogP contribution in [0.2, 0.25) is 0 Å². The number of primary amides is 1. The number of hydrogen-bond donors (Lipinski definition) is 1. The Bertz CT molecular complexity index is 929. The molecule has 1 amide bonds. The average molecular weight is 380 g/mol. The maximum absolute atomic E-state index is 11.9. The van der Waals surface area contributed by atoms with Crippen LogP contribution in [0.5, 0.6) is 0 Å². The first-order valence-corrected chi connectivity index (χ1v) is 11.2. The van der Waals surface area contributed by atoms with Crippen LogP contribution in [-0.4, -0.2) is 40.6 Å². The number of carbonyl (C=O) groups excluding carboxylic acids is 1. The number of amides is 1. The summed E-state index contributed by atoms with van der Waals surface area (Å²) in [6, 6.07) is -0.226. The molecule has 3 heterocycles. The second-order valence-electron chi connectivity index (χ2n) is 6.77. The minimum absolute atomic E-state index is 0.0347. The minimum Gasteiger partial charge on any atom is -0.369 e. The highest BCUT2D eigenvalue weighted by atomic mass is 32.2. The van der Waals surface area contributed by atoms with Crippen LogP contribution < -0.4 is 5.73 Å². The molecule has 1 aliphatic heterocycles. The fourth-order valence-electron chi connectivity index (χ4n) is 3.68. The molecule has 9 heteroatoms. The SMILES string of the molecule is NC(=O)Cc1nc(-c2scc3c2CCCC3)n(C2CCS(=O)(=O)C2)n1. The normalized spacial score (nSPS) is 22.0. The lowest BCUT2D eigenvalue weighted by Crippen LogP contribution is -2.16. The number of rotatable bonds is 4. The maximum atomic E-state index is 11.9. The lowest BCUT2D eigenvalue weighted by molar-refractivity contribution is -0.117. The lowest BCUT2D eigenvalue weighted by Gasteiger charge is -2.15. The van der Waals surface area contributed by atoms with Gasteiger partial charge in [-0.1, -0.05) is 0 Å². The highest BCUT2D eigenvalue weighted by Gasteiger charge is 2.33. The lowest BCUT2D eigenvalue weighted by atomic mass is 9.94. The summed E-state index contributed by atoms with van der Waals surface area (Å²) in [5.74, 6) is 0.810. The van der Waals surface area contributed by atoms with Crippen LogP contribution in [0.25, 0.3) is 10.7 Å². The third-order valence-corrected chi connectivity index (χ3v) is 7.69. The molecule has 134 valence electrons. The van der Waals surface area contributed by atoms with E-state index in [4.69, 9.17) is 5.73 Å². The molecule has 2 aromatic rings. The van der Waals surface area contributed by atoms with Crippen molar-refractivity contribution < 1.29 is 13.2 Å². The standard InChI is InChI=1S/C16H20N4O3S2/c17-13(21)7-14-18-16(15-12-4-2-1-3-10(12)8-24-15)20(19-14)11-5-6-25(22,23)9-11/h8,11H,1-7,9H2,(H2,17,21). The van der Waals surface area contributed by atoms with Crippen molar-refractivity contribution in [1.82, 2.24) is 14.8 Å². The van der Waals surface area contributed by atoms with Crippen molar-refractivity contribution >= 4 is 27.1 Å². The van der Waals surface area contributed by atoms with Crippen LogP contribution in [0.15, 0.2) is 5.38 Å². The van der Waals surface area contributed by atoms with Crippen LogP contribution in [0.1, 0.15) is 42.3 Å². The molecular weight excluding hydrogens is 360 g/mol. The van der Waals surface area contributed by atoms with Gasteiger partial charge in [-0.3, -0.25) is 4.79 Å². The van der Waals surface area contributed by atoms with E-state index in [0.717, 1.165) is 24.1 Å². The number of carbonyl (C=O) groups is 1. The summed E-state index contributed by atoms with van der Waals surface area (Å²) in [6.45, 7) is 0. The van der Waals surface area contributed by atoms with Crippen molar-refractivity contribution in [3.63, 3.8) is 0 Å². The van der Waals surface area contributed by atoms with Crippen molar-refractivity contribution in [3.8, 4) is 10.7 Å². The van der Waals surface area contributed by atoms with E-state index in [1.54, 1.807) is 16.0 Å². The Hall–Kier alpha value is -1.74. The molecule has 2 aliphatic rings. The molecule has 2 aromatic heterocycles. The second-order valence-corrected chi connectivity index (χ2v) is 9.88. The first kappa shape index (κ1) is 16.7. The van der Waals surface area contributed by atoms with Gasteiger partial charge in [0.1, 0.15) is 0 Å². The summed E-state index contributed by atoms with van der Waals surface area (Å²) in [4.78, 5) is 16.9. The van der Waals surface area contributed by atoms with Gasteiger partial charge in [0.25, 0.3) is 0 Å². The summed E-state index contributed by atoms with van der Waals surface area (Å²) < 4.78 is 25.5. The van der Waals surface area contributed by atoms with Gasteiger partial charge in [0, 0.05) is 0 Å².